The van der Waals surface area contributed by atoms with Crippen molar-refractivity contribution >= 4 is 30.9 Å². The van der Waals surface area contributed by atoms with Crippen molar-refractivity contribution in [3.05, 3.63) is 35.9 Å². The van der Waals surface area contributed by atoms with Crippen LogP contribution in [0.5, 0.6) is 0 Å². The molecule has 2 nitrogen and oxygen atoms in total. The van der Waals surface area contributed by atoms with Gasteiger partial charge in [-0.2, -0.15) is 0 Å². The van der Waals surface area contributed by atoms with Crippen LogP contribution in [0.4, 0.5) is 0 Å². The summed E-state index contributed by atoms with van der Waals surface area (Å²) >= 11 is 2.48. The van der Waals surface area contributed by atoms with Crippen molar-refractivity contribution in [1.82, 2.24) is 0 Å². The minimum atomic E-state index is -1.88. The Kier molecular flexibility index (Phi) is 10.2. The van der Waals surface area contributed by atoms with Gasteiger partial charge in [-0.15, -0.1) is 0 Å². The third-order valence-corrected chi connectivity index (χ3v) is 12.8. The van der Waals surface area contributed by atoms with E-state index in [0.717, 1.165) is 4.43 Å². The van der Waals surface area contributed by atoms with Crippen LogP contribution in [0.2, 0.25) is 16.6 Å². The van der Waals surface area contributed by atoms with Crippen molar-refractivity contribution in [2.75, 3.05) is 11.0 Å². The van der Waals surface area contributed by atoms with Crippen LogP contribution in [-0.4, -0.2) is 25.5 Å². The van der Waals surface area contributed by atoms with Crippen LogP contribution in [0.15, 0.2) is 30.3 Å². The lowest BCUT2D eigenvalue weighted by atomic mass is 10.1. The maximum atomic E-state index is 7.02. The van der Waals surface area contributed by atoms with Crippen molar-refractivity contribution in [2.45, 2.75) is 77.8 Å². The number of ether oxygens (including phenoxy) is 1. The molecule has 0 saturated carbocycles. The van der Waals surface area contributed by atoms with Gasteiger partial charge >= 0.3 is 0 Å². The van der Waals surface area contributed by atoms with Crippen LogP contribution in [0, 0.1) is 5.92 Å². The first-order valence-corrected chi connectivity index (χ1v) is 13.3. The molecule has 0 fully saturated rings. The summed E-state index contributed by atoms with van der Waals surface area (Å²) < 4.78 is 14.2. The minimum absolute atomic E-state index is 0.180. The van der Waals surface area contributed by atoms with Crippen molar-refractivity contribution in [1.29, 1.82) is 0 Å². The predicted molar refractivity (Wildman–Crippen MR) is 120 cm³/mol. The standard InChI is InChI=1S/C21H37IO2Si/c1-16(2)25(17(3)4,18(5)6)24-21(19(7)13-22)15-23-14-20-11-9-8-10-12-20/h8-12,16-19,21H,13-15H2,1-7H3/t19-,21+/m0/s1. The highest BCUT2D eigenvalue weighted by atomic mass is 127. The number of hydrogen-bond donors (Lipinski definition) is 0. The maximum Gasteiger partial charge on any atom is 0.200 e. The molecule has 2 atom stereocenters. The Balaban J connectivity index is 2.86. The lowest BCUT2D eigenvalue weighted by Gasteiger charge is -2.45. The second-order valence-electron chi connectivity index (χ2n) is 8.11. The largest absolute Gasteiger partial charge is 0.410 e. The molecule has 0 amide bonds. The third-order valence-electron chi connectivity index (χ3n) is 5.33. The van der Waals surface area contributed by atoms with E-state index in [9.17, 15) is 0 Å². The van der Waals surface area contributed by atoms with E-state index in [-0.39, 0.29) is 6.10 Å². The lowest BCUT2D eigenvalue weighted by molar-refractivity contribution is 0.0123. The zero-order valence-electron chi connectivity index (χ0n) is 17.1. The number of alkyl halides is 1. The minimum Gasteiger partial charge on any atom is -0.410 e. The van der Waals surface area contributed by atoms with E-state index < -0.39 is 8.32 Å². The predicted octanol–water partition coefficient (Wildman–Crippen LogP) is 6.84. The van der Waals surface area contributed by atoms with Gasteiger partial charge in [-0.05, 0) is 28.1 Å². The molecule has 0 aliphatic carbocycles. The van der Waals surface area contributed by atoms with Crippen molar-refractivity contribution in [3.63, 3.8) is 0 Å². The fourth-order valence-corrected chi connectivity index (χ4v) is 10.2. The fraction of sp³-hybridized carbons (Fsp3) is 0.714. The molecular formula is C21H37IO2Si. The lowest BCUT2D eigenvalue weighted by Crippen LogP contribution is -2.52. The average molecular weight is 477 g/mol. The van der Waals surface area contributed by atoms with Gasteiger partial charge in [0, 0.05) is 4.43 Å². The molecule has 1 rings (SSSR count). The van der Waals surface area contributed by atoms with E-state index in [1.54, 1.807) is 0 Å². The van der Waals surface area contributed by atoms with Gasteiger partial charge in [0.25, 0.3) is 0 Å². The van der Waals surface area contributed by atoms with Gasteiger partial charge in [0.15, 0.2) is 0 Å². The van der Waals surface area contributed by atoms with Gasteiger partial charge in [0.2, 0.25) is 8.32 Å². The quantitative estimate of drug-likeness (QED) is 0.198. The summed E-state index contributed by atoms with van der Waals surface area (Å²) in [6.07, 6.45) is 0.180. The molecule has 4 heteroatoms. The zero-order valence-corrected chi connectivity index (χ0v) is 20.2. The highest BCUT2D eigenvalue weighted by Gasteiger charge is 2.47. The SMILES string of the molecule is CC(C)[Si](O[C@H](COCc1ccccc1)[C@@H](C)CI)(C(C)C)C(C)C. The number of halogens is 1. The third kappa shape index (κ3) is 6.33. The van der Waals surface area contributed by atoms with E-state index in [0.29, 0.717) is 35.8 Å². The molecule has 0 radical (unpaired) electrons. The van der Waals surface area contributed by atoms with E-state index in [2.05, 4.69) is 95.3 Å². The Morgan fingerprint density at radius 1 is 0.880 bits per heavy atom. The second-order valence-corrected chi connectivity index (χ2v) is 14.4. The summed E-state index contributed by atoms with van der Waals surface area (Å²) in [4.78, 5) is 0. The molecule has 25 heavy (non-hydrogen) atoms. The van der Waals surface area contributed by atoms with E-state index >= 15 is 0 Å². The topological polar surface area (TPSA) is 18.5 Å². The number of hydrogen-bond acceptors (Lipinski definition) is 2. The molecule has 0 spiro atoms. The smallest absolute Gasteiger partial charge is 0.200 e. The van der Waals surface area contributed by atoms with Crippen LogP contribution in [0.1, 0.15) is 54.0 Å². The molecule has 0 aromatic heterocycles. The Morgan fingerprint density at radius 3 is 1.84 bits per heavy atom. The Labute approximate surface area is 170 Å². The van der Waals surface area contributed by atoms with Gasteiger partial charge in [-0.25, -0.2) is 0 Å². The molecular weight excluding hydrogens is 439 g/mol. The average Bonchev–Trinajstić information content (AvgIpc) is 2.57. The highest BCUT2D eigenvalue weighted by molar-refractivity contribution is 14.1. The van der Waals surface area contributed by atoms with Crippen LogP contribution >= 0.6 is 22.6 Å². The van der Waals surface area contributed by atoms with Crippen molar-refractivity contribution in [3.8, 4) is 0 Å². The van der Waals surface area contributed by atoms with Crippen molar-refractivity contribution in [2.24, 2.45) is 5.92 Å². The summed E-state index contributed by atoms with van der Waals surface area (Å²) in [5, 5.41) is 0. The van der Waals surface area contributed by atoms with Crippen LogP contribution in [-0.2, 0) is 15.8 Å². The first-order valence-electron chi connectivity index (χ1n) is 9.61. The molecule has 0 aliphatic heterocycles. The number of rotatable bonds is 11. The monoisotopic (exact) mass is 476 g/mol. The molecule has 0 heterocycles. The maximum absolute atomic E-state index is 7.02. The fourth-order valence-electron chi connectivity index (χ4n) is 3.95. The highest BCUT2D eigenvalue weighted by Crippen LogP contribution is 2.43. The summed E-state index contributed by atoms with van der Waals surface area (Å²) in [6.45, 7) is 17.7. The van der Waals surface area contributed by atoms with Crippen LogP contribution < -0.4 is 0 Å². The van der Waals surface area contributed by atoms with Gasteiger partial charge in [0.05, 0.1) is 19.3 Å². The van der Waals surface area contributed by atoms with Gasteiger partial charge in [-0.3, -0.25) is 0 Å². The van der Waals surface area contributed by atoms with Crippen LogP contribution in [0.25, 0.3) is 0 Å². The summed E-state index contributed by atoms with van der Waals surface area (Å²) in [7, 11) is -1.88. The number of benzene rings is 1. The summed E-state index contributed by atoms with van der Waals surface area (Å²) in [5.41, 5.74) is 3.03. The molecule has 1 aromatic carbocycles. The molecule has 0 saturated heterocycles. The van der Waals surface area contributed by atoms with Gasteiger partial charge in [-0.1, -0.05) is 101 Å². The molecule has 144 valence electrons. The summed E-state index contributed by atoms with van der Waals surface area (Å²) in [6, 6.07) is 10.4. The van der Waals surface area contributed by atoms with E-state index in [1.807, 2.05) is 6.07 Å². The van der Waals surface area contributed by atoms with Gasteiger partial charge in [0.1, 0.15) is 0 Å². The molecule has 0 N–H and O–H groups in total. The molecule has 0 bridgehead atoms. The van der Waals surface area contributed by atoms with Gasteiger partial charge < -0.3 is 9.16 Å². The Morgan fingerprint density at radius 2 is 1.40 bits per heavy atom. The molecule has 1 aromatic rings. The van der Waals surface area contributed by atoms with E-state index in [1.165, 1.54) is 5.56 Å². The Bertz CT molecular complexity index is 454. The van der Waals surface area contributed by atoms with Crippen molar-refractivity contribution < 1.29 is 9.16 Å². The second kappa shape index (κ2) is 11.0. The first kappa shape index (κ1) is 23.1. The first-order chi connectivity index (χ1) is 11.8. The van der Waals surface area contributed by atoms with Crippen LogP contribution in [0.3, 0.4) is 0 Å². The molecule has 0 aliphatic rings. The normalized spacial score (nSPS) is 15.2. The molecule has 0 unspecified atom stereocenters. The summed E-state index contributed by atoms with van der Waals surface area (Å²) in [5.74, 6) is 0.500. The zero-order chi connectivity index (χ0) is 19.0. The van der Waals surface area contributed by atoms with E-state index in [4.69, 9.17) is 9.16 Å². The Hall–Kier alpha value is 0.0869.